The number of piperidine rings is 2. The van der Waals surface area contributed by atoms with Gasteiger partial charge in [-0.25, -0.2) is 4.79 Å². The van der Waals surface area contributed by atoms with Crippen molar-refractivity contribution in [3.63, 3.8) is 0 Å². The third-order valence-corrected chi connectivity index (χ3v) is 6.70. The fourth-order valence-corrected chi connectivity index (χ4v) is 5.06. The third-order valence-electron chi connectivity index (χ3n) is 6.70. The van der Waals surface area contributed by atoms with Crippen LogP contribution in [0.4, 0.5) is 0 Å². The van der Waals surface area contributed by atoms with E-state index in [-0.39, 0.29) is 23.6 Å². The zero-order valence-corrected chi connectivity index (χ0v) is 17.4. The Kier molecular flexibility index (Phi) is 5.49. The molecule has 1 N–H and O–H groups in total. The number of carbonyl (C=O) groups excluding carboxylic acids is 1. The molecule has 2 aliphatic rings. The van der Waals surface area contributed by atoms with Crippen LogP contribution in [0.15, 0.2) is 27.4 Å². The second-order valence-electron chi connectivity index (χ2n) is 8.88. The Bertz CT molecular complexity index is 983. The molecule has 1 amide bonds. The fraction of sp³-hybridized carbons (Fsp3) is 0.565. The summed E-state index contributed by atoms with van der Waals surface area (Å²) in [5.41, 5.74) is 3.75. The van der Waals surface area contributed by atoms with Crippen LogP contribution in [0.25, 0.3) is 11.0 Å². The molecule has 1 atom stereocenters. The van der Waals surface area contributed by atoms with Crippen LogP contribution in [-0.4, -0.2) is 53.6 Å². The number of likely N-dealkylation sites (tertiary alicyclic amines) is 2. The molecule has 1 spiro atoms. The Labute approximate surface area is 171 Å². The summed E-state index contributed by atoms with van der Waals surface area (Å²) in [5, 5.41) is 10.3. The maximum Gasteiger partial charge on any atom is 0.336 e. The van der Waals surface area contributed by atoms with Crippen LogP contribution in [-0.2, 0) is 11.3 Å². The van der Waals surface area contributed by atoms with Crippen LogP contribution in [0, 0.1) is 19.3 Å². The summed E-state index contributed by atoms with van der Waals surface area (Å²) in [6.45, 7) is 7.86. The van der Waals surface area contributed by atoms with Gasteiger partial charge in [-0.15, -0.1) is 0 Å². The number of rotatable bonds is 4. The van der Waals surface area contributed by atoms with Crippen molar-refractivity contribution in [1.82, 2.24) is 9.80 Å². The van der Waals surface area contributed by atoms with Gasteiger partial charge in [0.2, 0.25) is 5.91 Å². The number of aliphatic hydroxyl groups excluding tert-OH is 1. The molecule has 0 radical (unpaired) electrons. The average Bonchev–Trinajstić information content (AvgIpc) is 2.67. The van der Waals surface area contributed by atoms with Gasteiger partial charge in [-0.05, 0) is 68.5 Å². The number of benzene rings is 1. The topological polar surface area (TPSA) is 74.0 Å². The summed E-state index contributed by atoms with van der Waals surface area (Å²) < 4.78 is 5.45. The summed E-state index contributed by atoms with van der Waals surface area (Å²) in [7, 11) is 0. The largest absolute Gasteiger partial charge is 0.423 e. The van der Waals surface area contributed by atoms with E-state index >= 15 is 0 Å². The van der Waals surface area contributed by atoms with Gasteiger partial charge in [-0.1, -0.05) is 0 Å². The number of aryl methyl sites for hydroxylation is 2. The molecule has 2 saturated heterocycles. The van der Waals surface area contributed by atoms with Crippen LogP contribution in [0.3, 0.4) is 0 Å². The Morgan fingerprint density at radius 2 is 1.90 bits per heavy atom. The van der Waals surface area contributed by atoms with Crippen molar-refractivity contribution in [3.8, 4) is 0 Å². The van der Waals surface area contributed by atoms with Crippen molar-refractivity contribution < 1.29 is 14.3 Å². The number of β-amino-alcohol motifs (C(OH)–C–C–N with tert-alkyl or cyclic N) is 1. The van der Waals surface area contributed by atoms with E-state index in [1.165, 1.54) is 5.56 Å². The average molecular weight is 399 g/mol. The van der Waals surface area contributed by atoms with Crippen molar-refractivity contribution >= 4 is 16.9 Å². The van der Waals surface area contributed by atoms with Gasteiger partial charge in [-0.3, -0.25) is 9.69 Å². The lowest BCUT2D eigenvalue weighted by Crippen LogP contribution is -2.54. The number of nitrogens with zero attached hydrogens (tertiary/aromatic N) is 2. The molecule has 2 aromatic rings. The third kappa shape index (κ3) is 4.09. The molecular formula is C23H30N2O4. The molecular weight excluding hydrogens is 368 g/mol. The first-order valence-electron chi connectivity index (χ1n) is 10.5. The van der Waals surface area contributed by atoms with E-state index in [2.05, 4.69) is 17.9 Å². The van der Waals surface area contributed by atoms with Crippen LogP contribution in [0.5, 0.6) is 0 Å². The lowest BCUT2D eigenvalue weighted by Gasteiger charge is -2.48. The molecule has 0 aliphatic carbocycles. The smallest absolute Gasteiger partial charge is 0.336 e. The molecule has 0 saturated carbocycles. The van der Waals surface area contributed by atoms with Crippen LogP contribution in [0.2, 0.25) is 0 Å². The molecule has 4 rings (SSSR count). The van der Waals surface area contributed by atoms with Gasteiger partial charge in [0.25, 0.3) is 0 Å². The lowest BCUT2D eigenvalue weighted by molar-refractivity contribution is -0.140. The van der Waals surface area contributed by atoms with E-state index in [1.54, 1.807) is 6.07 Å². The first-order chi connectivity index (χ1) is 13.9. The van der Waals surface area contributed by atoms with Crippen molar-refractivity contribution in [2.24, 2.45) is 5.41 Å². The van der Waals surface area contributed by atoms with Gasteiger partial charge in [0.05, 0.1) is 6.61 Å². The lowest BCUT2D eigenvalue weighted by atomic mass is 9.73. The predicted octanol–water partition coefficient (Wildman–Crippen LogP) is 2.61. The molecule has 0 bridgehead atoms. The van der Waals surface area contributed by atoms with E-state index < -0.39 is 0 Å². The van der Waals surface area contributed by atoms with Gasteiger partial charge in [0, 0.05) is 49.5 Å². The molecule has 6 nitrogen and oxygen atoms in total. The summed E-state index contributed by atoms with van der Waals surface area (Å²) in [4.78, 5) is 28.6. The summed E-state index contributed by atoms with van der Waals surface area (Å²) in [6, 6.07) is 5.69. The van der Waals surface area contributed by atoms with Gasteiger partial charge >= 0.3 is 5.63 Å². The van der Waals surface area contributed by atoms with Gasteiger partial charge in [0.1, 0.15) is 5.58 Å². The number of carbonyl (C=O) groups is 1. The number of aliphatic hydroxyl groups is 1. The van der Waals surface area contributed by atoms with Gasteiger partial charge in [-0.2, -0.15) is 0 Å². The van der Waals surface area contributed by atoms with Crippen molar-refractivity contribution in [3.05, 3.63) is 45.3 Å². The normalized spacial score (nSPS) is 23.3. The number of fused-ring (bicyclic) bond motifs is 1. The Morgan fingerprint density at radius 3 is 2.69 bits per heavy atom. The zero-order chi connectivity index (χ0) is 20.6. The van der Waals surface area contributed by atoms with Crippen LogP contribution in [0.1, 0.15) is 42.4 Å². The van der Waals surface area contributed by atoms with E-state index in [4.69, 9.17) is 4.42 Å². The van der Waals surface area contributed by atoms with Crippen molar-refractivity contribution in [2.75, 3.05) is 32.8 Å². The van der Waals surface area contributed by atoms with Crippen LogP contribution >= 0.6 is 0 Å². The molecule has 6 heteroatoms. The first-order valence-corrected chi connectivity index (χ1v) is 10.5. The monoisotopic (exact) mass is 398 g/mol. The molecule has 156 valence electrons. The summed E-state index contributed by atoms with van der Waals surface area (Å²) in [5.74, 6) is 0.152. The van der Waals surface area contributed by atoms with Crippen LogP contribution < -0.4 is 5.63 Å². The van der Waals surface area contributed by atoms with E-state index in [0.29, 0.717) is 25.1 Å². The standard InChI is InChI=1S/C23H30N2O4/c1-16-10-19-18(12-22(28)29-20(19)11-17(16)2)13-24-7-3-5-23(14-24)6-4-21(27)25(15-23)8-9-26/h10-12,26H,3-9,13-15H2,1-2H3. The fourth-order valence-electron chi connectivity index (χ4n) is 5.06. The number of hydrogen-bond donors (Lipinski definition) is 1. The maximum absolute atomic E-state index is 12.2. The minimum Gasteiger partial charge on any atom is -0.423 e. The zero-order valence-electron chi connectivity index (χ0n) is 17.4. The molecule has 3 heterocycles. The Balaban J connectivity index is 1.58. The highest BCUT2D eigenvalue weighted by Gasteiger charge is 2.41. The predicted molar refractivity (Wildman–Crippen MR) is 112 cm³/mol. The Morgan fingerprint density at radius 1 is 1.10 bits per heavy atom. The quantitative estimate of drug-likeness (QED) is 0.802. The second-order valence-corrected chi connectivity index (χ2v) is 8.88. The number of hydrogen-bond acceptors (Lipinski definition) is 5. The minimum atomic E-state index is -0.306. The van der Waals surface area contributed by atoms with Gasteiger partial charge < -0.3 is 14.4 Å². The SMILES string of the molecule is Cc1cc2oc(=O)cc(CN3CCCC4(CCC(=O)N(CCO)C4)C3)c2cc1C. The highest BCUT2D eigenvalue weighted by Crippen LogP contribution is 2.39. The molecule has 1 aromatic heterocycles. The summed E-state index contributed by atoms with van der Waals surface area (Å²) >= 11 is 0. The highest BCUT2D eigenvalue weighted by molar-refractivity contribution is 5.82. The first kappa shape index (κ1) is 20.1. The summed E-state index contributed by atoms with van der Waals surface area (Å²) in [6.07, 6.45) is 3.65. The molecule has 29 heavy (non-hydrogen) atoms. The van der Waals surface area contributed by atoms with E-state index in [0.717, 1.165) is 55.4 Å². The van der Waals surface area contributed by atoms with Crippen molar-refractivity contribution in [1.29, 1.82) is 0 Å². The molecule has 2 aliphatic heterocycles. The van der Waals surface area contributed by atoms with E-state index in [1.807, 2.05) is 17.9 Å². The second kappa shape index (κ2) is 7.92. The maximum atomic E-state index is 12.2. The molecule has 1 aromatic carbocycles. The molecule has 1 unspecified atom stereocenters. The molecule has 2 fully saturated rings. The van der Waals surface area contributed by atoms with Gasteiger partial charge in [0.15, 0.2) is 0 Å². The number of amides is 1. The highest BCUT2D eigenvalue weighted by atomic mass is 16.4. The Hall–Kier alpha value is -2.18. The van der Waals surface area contributed by atoms with E-state index in [9.17, 15) is 14.7 Å². The van der Waals surface area contributed by atoms with Crippen molar-refractivity contribution in [2.45, 2.75) is 46.1 Å². The minimum absolute atomic E-state index is 0.0100.